The van der Waals surface area contributed by atoms with Crippen LogP contribution in [0.1, 0.15) is 13.8 Å². The van der Waals surface area contributed by atoms with Gasteiger partial charge in [0.25, 0.3) is 0 Å². The molecule has 1 rings (SSSR count). The number of benzene rings is 1. The first kappa shape index (κ1) is 17.1. The topological polar surface area (TPSA) is 41.6 Å². The molecule has 2 amide bonds. The number of nitrogens with one attached hydrogen (secondary N) is 1. The average Bonchev–Trinajstić information content (AvgIpc) is 2.38. The summed E-state index contributed by atoms with van der Waals surface area (Å²) >= 11 is 0. The molecule has 0 heterocycles. The number of rotatable bonds is 5. The summed E-state index contributed by atoms with van der Waals surface area (Å²) in [5.74, 6) is -1.50. The van der Waals surface area contributed by atoms with Gasteiger partial charge in [-0.15, -0.1) is 0 Å². The van der Waals surface area contributed by atoms with Crippen LogP contribution in [0.4, 0.5) is 28.0 Å². The molecule has 0 saturated heterocycles. The van der Waals surface area contributed by atoms with Crippen LogP contribution in [0.15, 0.2) is 18.2 Å². The van der Waals surface area contributed by atoms with E-state index in [0.29, 0.717) is 13.1 Å². The summed E-state index contributed by atoms with van der Waals surface area (Å²) in [5.41, 5.74) is 0.142. The Hall–Kier alpha value is -1.99. The van der Waals surface area contributed by atoms with Gasteiger partial charge in [-0.1, -0.05) is 0 Å². The van der Waals surface area contributed by atoms with E-state index in [9.17, 15) is 22.4 Å². The van der Waals surface area contributed by atoms with Gasteiger partial charge in [-0.3, -0.25) is 0 Å². The first-order chi connectivity index (χ1) is 9.76. The predicted molar refractivity (Wildman–Crippen MR) is 69.9 cm³/mol. The van der Waals surface area contributed by atoms with E-state index in [1.165, 1.54) is 11.0 Å². The Morgan fingerprint density at radius 1 is 1.29 bits per heavy atom. The van der Waals surface area contributed by atoms with Gasteiger partial charge >= 0.3 is 12.2 Å². The summed E-state index contributed by atoms with van der Waals surface area (Å²) in [7, 11) is 0. The van der Waals surface area contributed by atoms with E-state index in [4.69, 9.17) is 0 Å². The average molecular weight is 308 g/mol. The normalized spacial score (nSPS) is 11.1. The molecule has 0 unspecified atom stereocenters. The first-order valence-corrected chi connectivity index (χ1v) is 6.31. The highest BCUT2D eigenvalue weighted by atomic mass is 19.4. The molecule has 1 N–H and O–H groups in total. The lowest BCUT2D eigenvalue weighted by Crippen LogP contribution is -2.34. The third kappa shape index (κ3) is 5.49. The van der Waals surface area contributed by atoms with Crippen molar-refractivity contribution in [2.75, 3.05) is 25.0 Å². The molecule has 1 aromatic rings. The maximum absolute atomic E-state index is 13.6. The smallest absolute Gasteiger partial charge is 0.422 e. The van der Waals surface area contributed by atoms with E-state index < -0.39 is 30.4 Å². The van der Waals surface area contributed by atoms with Crippen LogP contribution in [-0.4, -0.2) is 36.8 Å². The summed E-state index contributed by atoms with van der Waals surface area (Å²) in [6, 6.07) is 2.81. The van der Waals surface area contributed by atoms with Crippen LogP contribution >= 0.6 is 0 Å². The molecule has 0 bridgehead atoms. The summed E-state index contributed by atoms with van der Waals surface area (Å²) in [6.07, 6.45) is -4.54. The molecule has 118 valence electrons. The molecule has 0 radical (unpaired) electrons. The van der Waals surface area contributed by atoms with Crippen LogP contribution < -0.4 is 10.1 Å². The van der Waals surface area contributed by atoms with Crippen molar-refractivity contribution >= 4 is 11.7 Å². The maximum atomic E-state index is 13.6. The molecule has 0 aliphatic heterocycles. The lowest BCUT2D eigenvalue weighted by atomic mass is 10.3. The highest BCUT2D eigenvalue weighted by Crippen LogP contribution is 2.24. The summed E-state index contributed by atoms with van der Waals surface area (Å²) in [6.45, 7) is 2.97. The number of halogens is 4. The van der Waals surface area contributed by atoms with Gasteiger partial charge in [0.15, 0.2) is 18.2 Å². The molecule has 0 atom stereocenters. The minimum absolute atomic E-state index is 0.142. The number of amides is 2. The predicted octanol–water partition coefficient (Wildman–Crippen LogP) is 3.64. The molecule has 0 aliphatic rings. The fourth-order valence-electron chi connectivity index (χ4n) is 1.57. The SMILES string of the molecule is CCN(CC)C(=O)Nc1ccc(OCC(F)(F)F)c(F)c1. The number of urea groups is 1. The minimum atomic E-state index is -4.54. The van der Waals surface area contributed by atoms with Crippen LogP contribution in [0.3, 0.4) is 0 Å². The third-order valence-corrected chi connectivity index (χ3v) is 2.63. The minimum Gasteiger partial charge on any atom is -0.481 e. The monoisotopic (exact) mass is 308 g/mol. The van der Waals surface area contributed by atoms with Crippen LogP contribution in [0, 0.1) is 5.82 Å². The Bertz CT molecular complexity index is 488. The van der Waals surface area contributed by atoms with E-state index in [1.54, 1.807) is 13.8 Å². The van der Waals surface area contributed by atoms with E-state index in [2.05, 4.69) is 10.1 Å². The first-order valence-electron chi connectivity index (χ1n) is 6.31. The van der Waals surface area contributed by atoms with E-state index in [-0.39, 0.29) is 5.69 Å². The highest BCUT2D eigenvalue weighted by Gasteiger charge is 2.29. The zero-order chi connectivity index (χ0) is 16.0. The Morgan fingerprint density at radius 2 is 1.90 bits per heavy atom. The fraction of sp³-hybridized carbons (Fsp3) is 0.462. The maximum Gasteiger partial charge on any atom is 0.422 e. The van der Waals surface area contributed by atoms with Crippen molar-refractivity contribution in [1.82, 2.24) is 4.90 Å². The van der Waals surface area contributed by atoms with Crippen LogP contribution in [0.2, 0.25) is 0 Å². The fourth-order valence-corrected chi connectivity index (χ4v) is 1.57. The van der Waals surface area contributed by atoms with E-state index in [1.807, 2.05) is 0 Å². The van der Waals surface area contributed by atoms with Crippen molar-refractivity contribution < 1.29 is 27.1 Å². The largest absolute Gasteiger partial charge is 0.481 e. The zero-order valence-corrected chi connectivity index (χ0v) is 11.6. The molecule has 0 saturated carbocycles. The summed E-state index contributed by atoms with van der Waals surface area (Å²) < 4.78 is 53.9. The number of hydrogen-bond acceptors (Lipinski definition) is 2. The standard InChI is InChI=1S/C13H16F4N2O2/c1-3-19(4-2)12(20)18-9-5-6-11(10(14)7-9)21-8-13(15,16)17/h5-7H,3-4,8H2,1-2H3,(H,18,20). The van der Waals surface area contributed by atoms with Crippen LogP contribution in [-0.2, 0) is 0 Å². The molecule has 21 heavy (non-hydrogen) atoms. The number of alkyl halides is 3. The Labute approximate surface area is 119 Å². The molecule has 0 aliphatic carbocycles. The second-order valence-electron chi connectivity index (χ2n) is 4.15. The molecule has 1 aromatic carbocycles. The molecule has 0 fully saturated rings. The molecule has 0 spiro atoms. The number of ether oxygens (including phenoxy) is 1. The number of carbonyl (C=O) groups is 1. The quantitative estimate of drug-likeness (QED) is 0.844. The Balaban J connectivity index is 2.72. The number of hydrogen-bond donors (Lipinski definition) is 1. The van der Waals surface area contributed by atoms with E-state index in [0.717, 1.165) is 12.1 Å². The molecular weight excluding hydrogens is 292 g/mol. The van der Waals surface area contributed by atoms with Crippen LogP contribution in [0.25, 0.3) is 0 Å². The molecular formula is C13H16F4N2O2. The van der Waals surface area contributed by atoms with Crippen molar-refractivity contribution in [2.24, 2.45) is 0 Å². The van der Waals surface area contributed by atoms with Gasteiger partial charge in [-0.05, 0) is 26.0 Å². The molecule has 8 heteroatoms. The number of carbonyl (C=O) groups excluding carboxylic acids is 1. The van der Waals surface area contributed by atoms with Crippen molar-refractivity contribution in [3.63, 3.8) is 0 Å². The lowest BCUT2D eigenvalue weighted by Gasteiger charge is -2.19. The van der Waals surface area contributed by atoms with Crippen molar-refractivity contribution in [3.8, 4) is 5.75 Å². The van der Waals surface area contributed by atoms with Gasteiger partial charge in [0.1, 0.15) is 0 Å². The third-order valence-electron chi connectivity index (χ3n) is 2.63. The molecule has 0 aromatic heterocycles. The van der Waals surface area contributed by atoms with Crippen molar-refractivity contribution in [1.29, 1.82) is 0 Å². The Kier molecular flexibility index (Phi) is 5.80. The summed E-state index contributed by atoms with van der Waals surface area (Å²) in [4.78, 5) is 13.2. The van der Waals surface area contributed by atoms with Gasteiger partial charge in [0, 0.05) is 24.8 Å². The van der Waals surface area contributed by atoms with Gasteiger partial charge in [0.05, 0.1) is 0 Å². The van der Waals surface area contributed by atoms with Crippen LogP contribution in [0.5, 0.6) is 5.75 Å². The number of anilines is 1. The van der Waals surface area contributed by atoms with Gasteiger partial charge in [-0.2, -0.15) is 13.2 Å². The lowest BCUT2D eigenvalue weighted by molar-refractivity contribution is -0.153. The number of nitrogens with zero attached hydrogens (tertiary/aromatic N) is 1. The van der Waals surface area contributed by atoms with Crippen molar-refractivity contribution in [2.45, 2.75) is 20.0 Å². The Morgan fingerprint density at radius 3 is 2.38 bits per heavy atom. The highest BCUT2D eigenvalue weighted by molar-refractivity contribution is 5.89. The zero-order valence-electron chi connectivity index (χ0n) is 11.6. The second kappa shape index (κ2) is 7.14. The van der Waals surface area contributed by atoms with E-state index >= 15 is 0 Å². The molecule has 4 nitrogen and oxygen atoms in total. The van der Waals surface area contributed by atoms with Gasteiger partial charge in [-0.25, -0.2) is 9.18 Å². The van der Waals surface area contributed by atoms with Gasteiger partial charge < -0.3 is 15.0 Å². The van der Waals surface area contributed by atoms with Crippen molar-refractivity contribution in [3.05, 3.63) is 24.0 Å². The van der Waals surface area contributed by atoms with Gasteiger partial charge in [0.2, 0.25) is 0 Å². The summed E-state index contributed by atoms with van der Waals surface area (Å²) in [5, 5.41) is 2.45. The second-order valence-corrected chi connectivity index (χ2v) is 4.15.